The molecule has 2 aliphatic rings. The molecule has 1 aliphatic heterocycles. The number of pyridine rings is 1. The van der Waals surface area contributed by atoms with E-state index in [9.17, 15) is 5.11 Å². The first-order chi connectivity index (χ1) is 16.5. The third-order valence-electron chi connectivity index (χ3n) is 7.34. The van der Waals surface area contributed by atoms with E-state index in [0.29, 0.717) is 57.3 Å². The molecular weight excluding hydrogens is 458 g/mol. The van der Waals surface area contributed by atoms with E-state index in [1.807, 2.05) is 13.0 Å². The van der Waals surface area contributed by atoms with Crippen LogP contribution in [0.4, 0.5) is 11.6 Å². The number of aromatic amines is 1. The molecule has 0 amide bonds. The summed E-state index contributed by atoms with van der Waals surface area (Å²) in [6.07, 6.45) is 2.50. The Labute approximate surface area is 199 Å². The molecular formula is C22H24ClN9O2. The van der Waals surface area contributed by atoms with Crippen molar-refractivity contribution in [2.24, 2.45) is 17.6 Å². The van der Waals surface area contributed by atoms with E-state index in [-0.39, 0.29) is 17.8 Å². The molecule has 34 heavy (non-hydrogen) atoms. The van der Waals surface area contributed by atoms with Gasteiger partial charge in [-0.3, -0.25) is 5.10 Å². The molecule has 1 saturated carbocycles. The molecule has 0 spiro atoms. The lowest BCUT2D eigenvalue weighted by Crippen LogP contribution is -2.33. The van der Waals surface area contributed by atoms with Crippen LogP contribution in [0.5, 0.6) is 0 Å². The van der Waals surface area contributed by atoms with E-state index >= 15 is 0 Å². The number of aryl methyl sites for hydroxylation is 1. The van der Waals surface area contributed by atoms with Crippen molar-refractivity contribution in [3.05, 3.63) is 40.5 Å². The molecule has 6 N–H and O–H groups in total. The van der Waals surface area contributed by atoms with Crippen molar-refractivity contribution in [1.82, 2.24) is 30.3 Å². The number of rotatable bonds is 5. The summed E-state index contributed by atoms with van der Waals surface area (Å²) in [6.45, 7) is 3.67. The Bertz CT molecular complexity index is 1400. The number of aliphatic hydroxyl groups is 1. The molecule has 6 rings (SSSR count). The van der Waals surface area contributed by atoms with Crippen LogP contribution >= 0.6 is 11.6 Å². The zero-order chi connectivity index (χ0) is 23.6. The number of hydrogen-bond acceptors (Lipinski definition) is 10. The minimum absolute atomic E-state index is 0.178. The van der Waals surface area contributed by atoms with Gasteiger partial charge in [0, 0.05) is 42.9 Å². The van der Waals surface area contributed by atoms with E-state index in [0.717, 1.165) is 31.0 Å². The summed E-state index contributed by atoms with van der Waals surface area (Å²) in [6, 6.07) is 3.71. The smallest absolute Gasteiger partial charge is 0.177 e. The van der Waals surface area contributed by atoms with E-state index in [1.54, 1.807) is 12.3 Å². The van der Waals surface area contributed by atoms with E-state index in [4.69, 9.17) is 37.6 Å². The van der Waals surface area contributed by atoms with Crippen molar-refractivity contribution in [3.8, 4) is 11.3 Å². The highest BCUT2D eigenvalue weighted by atomic mass is 35.5. The minimum Gasteiger partial charge on any atom is -0.390 e. The second kappa shape index (κ2) is 7.62. The summed E-state index contributed by atoms with van der Waals surface area (Å²) in [4.78, 5) is 15.7. The maximum Gasteiger partial charge on any atom is 0.177 e. The number of anilines is 2. The molecule has 11 nitrogen and oxygen atoms in total. The van der Waals surface area contributed by atoms with Crippen LogP contribution in [0.25, 0.3) is 22.4 Å². The molecule has 176 valence electrons. The maximum absolute atomic E-state index is 10.2. The highest BCUT2D eigenvalue weighted by molar-refractivity contribution is 6.35. The molecule has 1 aliphatic carbocycles. The first kappa shape index (κ1) is 21.3. The molecule has 1 saturated heterocycles. The van der Waals surface area contributed by atoms with Crippen LogP contribution in [-0.2, 0) is 12.0 Å². The second-order valence-electron chi connectivity index (χ2n) is 8.99. The molecule has 3 unspecified atom stereocenters. The molecule has 12 heteroatoms. The first-order valence-electron chi connectivity index (χ1n) is 11.1. The van der Waals surface area contributed by atoms with Crippen LogP contribution in [0.15, 0.2) is 22.9 Å². The van der Waals surface area contributed by atoms with Crippen LogP contribution in [0.3, 0.4) is 0 Å². The number of aliphatic hydroxyl groups excluding tert-OH is 1. The van der Waals surface area contributed by atoms with Gasteiger partial charge in [-0.05, 0) is 31.2 Å². The normalized spacial score (nSPS) is 23.9. The Morgan fingerprint density at radius 3 is 2.94 bits per heavy atom. The minimum atomic E-state index is -0.260. The number of nitrogen functional groups attached to an aromatic ring is 1. The maximum atomic E-state index is 10.2. The largest absolute Gasteiger partial charge is 0.390 e. The Morgan fingerprint density at radius 2 is 2.21 bits per heavy atom. The van der Waals surface area contributed by atoms with Gasteiger partial charge in [-0.2, -0.15) is 5.10 Å². The van der Waals surface area contributed by atoms with Crippen LogP contribution in [0.1, 0.15) is 23.6 Å². The van der Waals surface area contributed by atoms with Gasteiger partial charge in [0.1, 0.15) is 28.5 Å². The van der Waals surface area contributed by atoms with Crippen molar-refractivity contribution >= 4 is 34.4 Å². The highest BCUT2D eigenvalue weighted by Crippen LogP contribution is 2.62. The van der Waals surface area contributed by atoms with Crippen molar-refractivity contribution in [2.45, 2.75) is 25.4 Å². The Balaban J connectivity index is 1.36. The third kappa shape index (κ3) is 2.93. The SMILES string of the molecule is Cc1cc(C2(CN)C3CCN(c4nc5[nH]nc(-c6ccnc(N)c6Cl)c5nc4CO)CC32)no1. The number of hydrogen-bond donors (Lipinski definition) is 4. The average Bonchev–Trinajstić information content (AvgIpc) is 3.09. The first-order valence-corrected chi connectivity index (χ1v) is 11.5. The molecule has 4 aromatic heterocycles. The van der Waals surface area contributed by atoms with Crippen molar-refractivity contribution in [3.63, 3.8) is 0 Å². The van der Waals surface area contributed by atoms with Crippen LogP contribution in [0, 0.1) is 18.8 Å². The molecule has 0 aromatic carbocycles. The standard InChI is InChI=1S/C22H24ClN9O2/c1-10-6-15(31-34-10)22(9-24)12-3-5-32(7-13(12)22)21-14(8-33)27-18-17(29-30-20(18)28-21)11-2-4-26-19(25)16(11)23/h2,4,6,12-13,33H,3,5,7-9,24H2,1H3,(H2,25,26)(H,28,29,30). The lowest BCUT2D eigenvalue weighted by atomic mass is 9.97. The average molecular weight is 482 g/mol. The monoisotopic (exact) mass is 481 g/mol. The number of fused-ring (bicyclic) bond motifs is 2. The van der Waals surface area contributed by atoms with Crippen molar-refractivity contribution < 1.29 is 9.63 Å². The summed E-state index contributed by atoms with van der Waals surface area (Å²) in [5.41, 5.74) is 15.5. The molecule has 2 fully saturated rings. The lowest BCUT2D eigenvalue weighted by Gasteiger charge is -2.28. The van der Waals surface area contributed by atoms with Crippen molar-refractivity contribution in [2.75, 3.05) is 30.3 Å². The Hall–Kier alpha value is -3.28. The predicted octanol–water partition coefficient (Wildman–Crippen LogP) is 1.79. The lowest BCUT2D eigenvalue weighted by molar-refractivity contribution is 0.277. The van der Waals surface area contributed by atoms with Gasteiger partial charge in [0.15, 0.2) is 11.5 Å². The quantitative estimate of drug-likeness (QED) is 0.329. The summed E-state index contributed by atoms with van der Waals surface area (Å²) >= 11 is 6.36. The fourth-order valence-electron chi connectivity index (χ4n) is 5.60. The summed E-state index contributed by atoms with van der Waals surface area (Å²) in [7, 11) is 0. The Kier molecular flexibility index (Phi) is 4.77. The number of H-pyrrole nitrogens is 1. The predicted molar refractivity (Wildman–Crippen MR) is 126 cm³/mol. The second-order valence-corrected chi connectivity index (χ2v) is 9.37. The number of nitrogens with zero attached hydrogens (tertiary/aromatic N) is 6. The number of aromatic nitrogens is 6. The fourth-order valence-corrected chi connectivity index (χ4v) is 5.80. The third-order valence-corrected chi connectivity index (χ3v) is 7.73. The number of piperidine rings is 1. The van der Waals surface area contributed by atoms with Gasteiger partial charge in [-0.1, -0.05) is 16.8 Å². The van der Waals surface area contributed by atoms with E-state index < -0.39 is 0 Å². The Morgan fingerprint density at radius 1 is 1.35 bits per heavy atom. The summed E-state index contributed by atoms with van der Waals surface area (Å²) < 4.78 is 5.34. The zero-order valence-corrected chi connectivity index (χ0v) is 19.2. The van der Waals surface area contributed by atoms with E-state index in [2.05, 4.69) is 25.2 Å². The van der Waals surface area contributed by atoms with Gasteiger partial charge in [0.05, 0.1) is 17.3 Å². The van der Waals surface area contributed by atoms with Gasteiger partial charge >= 0.3 is 0 Å². The van der Waals surface area contributed by atoms with E-state index in [1.165, 1.54) is 0 Å². The number of halogens is 1. The molecule has 4 aromatic rings. The van der Waals surface area contributed by atoms with Gasteiger partial charge < -0.3 is 26.0 Å². The zero-order valence-electron chi connectivity index (χ0n) is 18.5. The summed E-state index contributed by atoms with van der Waals surface area (Å²) in [5, 5.41) is 22.1. The number of nitrogens with two attached hydrogens (primary N) is 2. The van der Waals surface area contributed by atoms with Gasteiger partial charge in [0.25, 0.3) is 0 Å². The van der Waals surface area contributed by atoms with Gasteiger partial charge in [0.2, 0.25) is 0 Å². The fraction of sp³-hybridized carbons (Fsp3) is 0.409. The van der Waals surface area contributed by atoms with Crippen LogP contribution in [0.2, 0.25) is 5.02 Å². The van der Waals surface area contributed by atoms with Gasteiger partial charge in [-0.15, -0.1) is 0 Å². The van der Waals surface area contributed by atoms with Crippen LogP contribution < -0.4 is 16.4 Å². The number of nitrogens with one attached hydrogen (secondary N) is 1. The molecule has 0 radical (unpaired) electrons. The van der Waals surface area contributed by atoms with Gasteiger partial charge in [-0.25, -0.2) is 15.0 Å². The van der Waals surface area contributed by atoms with Crippen LogP contribution in [-0.4, -0.2) is 55.0 Å². The van der Waals surface area contributed by atoms with Crippen molar-refractivity contribution in [1.29, 1.82) is 0 Å². The molecule has 0 bridgehead atoms. The summed E-state index contributed by atoms with van der Waals surface area (Å²) in [5.74, 6) is 2.41. The topological polar surface area (TPSA) is 169 Å². The molecule has 3 atom stereocenters. The molecule has 5 heterocycles. The highest BCUT2D eigenvalue weighted by Gasteiger charge is 2.67.